The molecule has 84 valence electrons. The third-order valence-corrected chi connectivity index (χ3v) is 2.70. The molecule has 3 heteroatoms. The molecule has 0 saturated heterocycles. The van der Waals surface area contributed by atoms with Gasteiger partial charge in [-0.05, 0) is 23.6 Å². The van der Waals surface area contributed by atoms with Crippen molar-refractivity contribution in [1.82, 2.24) is 0 Å². The highest BCUT2D eigenvalue weighted by atomic mass is 19.1. The number of hydrogen-bond acceptors (Lipinski definition) is 1. The Labute approximate surface area is 89.3 Å². The van der Waals surface area contributed by atoms with Crippen LogP contribution in [0.2, 0.25) is 0 Å². The van der Waals surface area contributed by atoms with Gasteiger partial charge in [0, 0.05) is 5.92 Å². The van der Waals surface area contributed by atoms with Crippen molar-refractivity contribution in [3.8, 4) is 0 Å². The Bertz CT molecular complexity index is 280. The van der Waals surface area contributed by atoms with Crippen LogP contribution in [0.1, 0.15) is 29.9 Å². The minimum Gasteiger partial charge on any atom is -0.330 e. The standard InChI is InChI=1S/C12H17F2N/c1-9(8-15)10-2-4-11(5-3-10)12(6-13)7-14/h2-5,9,12H,6-8,15H2,1H3. The quantitative estimate of drug-likeness (QED) is 0.799. The largest absolute Gasteiger partial charge is 0.330 e. The fourth-order valence-electron chi connectivity index (χ4n) is 1.45. The molecule has 0 bridgehead atoms. The fourth-order valence-corrected chi connectivity index (χ4v) is 1.45. The molecule has 0 aromatic heterocycles. The van der Waals surface area contributed by atoms with Gasteiger partial charge in [-0.2, -0.15) is 0 Å². The van der Waals surface area contributed by atoms with Crippen molar-refractivity contribution < 1.29 is 8.78 Å². The van der Waals surface area contributed by atoms with Crippen LogP contribution >= 0.6 is 0 Å². The second-order valence-corrected chi connectivity index (χ2v) is 3.81. The van der Waals surface area contributed by atoms with E-state index in [-0.39, 0.29) is 5.92 Å². The summed E-state index contributed by atoms with van der Waals surface area (Å²) in [5, 5.41) is 0. The van der Waals surface area contributed by atoms with Crippen LogP contribution in [0.25, 0.3) is 0 Å². The maximum Gasteiger partial charge on any atom is 0.0988 e. The molecule has 1 aromatic rings. The van der Waals surface area contributed by atoms with Crippen LogP contribution in [-0.2, 0) is 0 Å². The zero-order valence-corrected chi connectivity index (χ0v) is 8.92. The summed E-state index contributed by atoms with van der Waals surface area (Å²) in [6.45, 7) is 1.30. The lowest BCUT2D eigenvalue weighted by Crippen LogP contribution is -2.09. The Balaban J connectivity index is 2.79. The van der Waals surface area contributed by atoms with E-state index < -0.39 is 19.3 Å². The van der Waals surface area contributed by atoms with Gasteiger partial charge in [0.15, 0.2) is 0 Å². The highest BCUT2D eigenvalue weighted by Gasteiger charge is 2.11. The van der Waals surface area contributed by atoms with Crippen molar-refractivity contribution in [3.63, 3.8) is 0 Å². The van der Waals surface area contributed by atoms with Gasteiger partial charge in [-0.15, -0.1) is 0 Å². The van der Waals surface area contributed by atoms with Crippen LogP contribution in [0.15, 0.2) is 24.3 Å². The van der Waals surface area contributed by atoms with Crippen molar-refractivity contribution in [2.45, 2.75) is 18.8 Å². The molecule has 0 spiro atoms. The molecule has 0 aliphatic carbocycles. The lowest BCUT2D eigenvalue weighted by molar-refractivity contribution is 0.353. The van der Waals surface area contributed by atoms with Crippen LogP contribution in [0, 0.1) is 0 Å². The van der Waals surface area contributed by atoms with Crippen LogP contribution in [0.4, 0.5) is 8.78 Å². The highest BCUT2D eigenvalue weighted by Crippen LogP contribution is 2.20. The van der Waals surface area contributed by atoms with Crippen molar-refractivity contribution >= 4 is 0 Å². The Kier molecular flexibility index (Phi) is 4.69. The first kappa shape index (κ1) is 12.1. The molecule has 2 N–H and O–H groups in total. The molecular weight excluding hydrogens is 196 g/mol. The van der Waals surface area contributed by atoms with E-state index in [0.717, 1.165) is 5.56 Å². The van der Waals surface area contributed by atoms with Gasteiger partial charge in [0.2, 0.25) is 0 Å². The Morgan fingerprint density at radius 1 is 1.07 bits per heavy atom. The zero-order valence-electron chi connectivity index (χ0n) is 8.92. The summed E-state index contributed by atoms with van der Waals surface area (Å²) in [4.78, 5) is 0. The van der Waals surface area contributed by atoms with E-state index in [1.807, 2.05) is 19.1 Å². The smallest absolute Gasteiger partial charge is 0.0988 e. The molecule has 15 heavy (non-hydrogen) atoms. The summed E-state index contributed by atoms with van der Waals surface area (Å²) in [7, 11) is 0. The first-order valence-corrected chi connectivity index (χ1v) is 5.14. The molecule has 0 heterocycles. The number of nitrogens with two attached hydrogens (primary N) is 1. The normalized spacial score (nSPS) is 13.1. The Morgan fingerprint density at radius 3 is 1.93 bits per heavy atom. The first-order chi connectivity index (χ1) is 7.22. The van der Waals surface area contributed by atoms with Crippen molar-refractivity contribution in [3.05, 3.63) is 35.4 Å². The zero-order chi connectivity index (χ0) is 11.3. The van der Waals surface area contributed by atoms with E-state index in [1.54, 1.807) is 12.1 Å². The van der Waals surface area contributed by atoms with E-state index in [9.17, 15) is 8.78 Å². The maximum atomic E-state index is 12.4. The third-order valence-electron chi connectivity index (χ3n) is 2.70. The molecule has 0 aliphatic rings. The van der Waals surface area contributed by atoms with Crippen molar-refractivity contribution in [1.29, 1.82) is 0 Å². The van der Waals surface area contributed by atoms with Crippen LogP contribution in [0.5, 0.6) is 0 Å². The topological polar surface area (TPSA) is 26.0 Å². The predicted molar refractivity (Wildman–Crippen MR) is 58.6 cm³/mol. The summed E-state index contributed by atoms with van der Waals surface area (Å²) in [5.74, 6) is -0.333. The van der Waals surface area contributed by atoms with Crippen LogP contribution in [-0.4, -0.2) is 19.9 Å². The van der Waals surface area contributed by atoms with Crippen molar-refractivity contribution in [2.75, 3.05) is 19.9 Å². The molecule has 0 radical (unpaired) electrons. The summed E-state index contributed by atoms with van der Waals surface area (Å²) < 4.78 is 24.8. The first-order valence-electron chi connectivity index (χ1n) is 5.14. The molecule has 1 nitrogen and oxygen atoms in total. The van der Waals surface area contributed by atoms with E-state index >= 15 is 0 Å². The highest BCUT2D eigenvalue weighted by molar-refractivity contribution is 5.27. The van der Waals surface area contributed by atoms with Gasteiger partial charge < -0.3 is 5.73 Å². The molecule has 0 amide bonds. The van der Waals surface area contributed by atoms with Crippen LogP contribution < -0.4 is 5.73 Å². The minimum atomic E-state index is -0.651. The van der Waals surface area contributed by atoms with E-state index in [2.05, 4.69) is 0 Å². The van der Waals surface area contributed by atoms with Gasteiger partial charge in [-0.1, -0.05) is 31.2 Å². The Morgan fingerprint density at radius 2 is 1.53 bits per heavy atom. The van der Waals surface area contributed by atoms with Gasteiger partial charge in [-0.3, -0.25) is 8.78 Å². The summed E-state index contributed by atoms with van der Waals surface area (Å²) in [6, 6.07) is 7.35. The van der Waals surface area contributed by atoms with Gasteiger partial charge in [0.1, 0.15) is 0 Å². The molecule has 1 rings (SSSR count). The second-order valence-electron chi connectivity index (χ2n) is 3.81. The van der Waals surface area contributed by atoms with Gasteiger partial charge in [0.05, 0.1) is 13.3 Å². The summed E-state index contributed by atoms with van der Waals surface area (Å²) >= 11 is 0. The fraction of sp³-hybridized carbons (Fsp3) is 0.500. The number of rotatable bonds is 5. The van der Waals surface area contributed by atoms with Gasteiger partial charge >= 0.3 is 0 Å². The predicted octanol–water partition coefficient (Wildman–Crippen LogP) is 2.77. The lowest BCUT2D eigenvalue weighted by Gasteiger charge is -2.12. The number of benzene rings is 1. The lowest BCUT2D eigenvalue weighted by atomic mass is 9.96. The monoisotopic (exact) mass is 213 g/mol. The van der Waals surface area contributed by atoms with Crippen molar-refractivity contribution in [2.24, 2.45) is 5.73 Å². The molecule has 0 aliphatic heterocycles. The van der Waals surface area contributed by atoms with Gasteiger partial charge in [0.25, 0.3) is 0 Å². The summed E-state index contributed by atoms with van der Waals surface area (Å²) in [6.07, 6.45) is 0. The average Bonchev–Trinajstić information content (AvgIpc) is 2.30. The van der Waals surface area contributed by atoms with E-state index in [0.29, 0.717) is 12.1 Å². The maximum absolute atomic E-state index is 12.4. The number of alkyl halides is 2. The number of hydrogen-bond donors (Lipinski definition) is 1. The molecule has 1 atom stereocenters. The summed E-state index contributed by atoms with van der Waals surface area (Å²) in [5.41, 5.74) is 7.36. The SMILES string of the molecule is CC(CN)c1ccc(C(CF)CF)cc1. The molecule has 1 unspecified atom stereocenters. The molecule has 1 aromatic carbocycles. The van der Waals surface area contributed by atoms with Gasteiger partial charge in [-0.25, -0.2) is 0 Å². The Hall–Kier alpha value is -0.960. The minimum absolute atomic E-state index is 0.285. The van der Waals surface area contributed by atoms with E-state index in [1.165, 1.54) is 0 Å². The molecule has 0 fully saturated rings. The van der Waals surface area contributed by atoms with Crippen LogP contribution in [0.3, 0.4) is 0 Å². The average molecular weight is 213 g/mol. The third kappa shape index (κ3) is 2.99. The molecule has 0 saturated carbocycles. The van der Waals surface area contributed by atoms with E-state index in [4.69, 9.17) is 5.73 Å². The number of halogens is 2. The molecular formula is C12H17F2N. The second kappa shape index (κ2) is 5.81.